The van der Waals surface area contributed by atoms with Crippen LogP contribution in [0.1, 0.15) is 73.4 Å². The van der Waals surface area contributed by atoms with Crippen molar-refractivity contribution in [3.05, 3.63) is 33.4 Å². The van der Waals surface area contributed by atoms with Gasteiger partial charge in [0.05, 0.1) is 13.3 Å². The van der Waals surface area contributed by atoms with Crippen molar-refractivity contribution in [1.82, 2.24) is 10.2 Å². The number of nitrogens with zero attached hydrogens (tertiary/aromatic N) is 2. The average Bonchev–Trinajstić information content (AvgIpc) is 2.63. The van der Waals surface area contributed by atoms with Gasteiger partial charge in [0, 0.05) is 11.8 Å². The van der Waals surface area contributed by atoms with Crippen LogP contribution < -0.4 is 5.32 Å². The van der Waals surface area contributed by atoms with Crippen molar-refractivity contribution in [1.29, 1.82) is 0 Å². The van der Waals surface area contributed by atoms with Gasteiger partial charge in [-0.05, 0) is 98.6 Å². The summed E-state index contributed by atoms with van der Waals surface area (Å²) in [6.07, 6.45) is 3.95. The number of benzene rings is 1. The minimum Gasteiger partial charge on any atom is -0.352 e. The molecule has 1 saturated carbocycles. The average molecular weight is 402 g/mol. The number of thioether (sulfide) groups is 1. The molecule has 0 saturated heterocycles. The van der Waals surface area contributed by atoms with Crippen LogP contribution in [0.2, 0.25) is 0 Å². The van der Waals surface area contributed by atoms with E-state index < -0.39 is 0 Å². The van der Waals surface area contributed by atoms with Gasteiger partial charge in [-0.15, -0.1) is 0 Å². The molecule has 28 heavy (non-hydrogen) atoms. The molecule has 1 aromatic rings. The third-order valence-electron chi connectivity index (χ3n) is 7.22. The lowest BCUT2D eigenvalue weighted by molar-refractivity contribution is 0.0642. The Hall–Kier alpha value is -1.00. The molecule has 156 valence electrons. The Bertz CT molecular complexity index is 737. The molecule has 1 heterocycles. The Morgan fingerprint density at radius 2 is 1.61 bits per heavy atom. The zero-order chi connectivity index (χ0) is 20.6. The first-order valence-corrected chi connectivity index (χ1v) is 11.8. The van der Waals surface area contributed by atoms with Crippen molar-refractivity contribution < 1.29 is 0 Å². The quantitative estimate of drug-likeness (QED) is 0.688. The van der Waals surface area contributed by atoms with E-state index in [1.54, 1.807) is 0 Å². The molecule has 4 heteroatoms. The van der Waals surface area contributed by atoms with Gasteiger partial charge < -0.3 is 5.32 Å². The topological polar surface area (TPSA) is 27.6 Å². The first-order valence-electron chi connectivity index (χ1n) is 10.8. The first-order chi connectivity index (χ1) is 13.1. The van der Waals surface area contributed by atoms with E-state index in [0.717, 1.165) is 30.2 Å². The highest BCUT2D eigenvalue weighted by molar-refractivity contribution is 8.13. The smallest absolute Gasteiger partial charge is 0.159 e. The number of hydrogen-bond acceptors (Lipinski definition) is 4. The van der Waals surface area contributed by atoms with Gasteiger partial charge in [-0.2, -0.15) is 0 Å². The van der Waals surface area contributed by atoms with E-state index in [-0.39, 0.29) is 0 Å². The van der Waals surface area contributed by atoms with Gasteiger partial charge in [-0.1, -0.05) is 32.5 Å². The maximum Gasteiger partial charge on any atom is 0.159 e. The lowest BCUT2D eigenvalue weighted by atomic mass is 9.70. The molecule has 0 radical (unpaired) electrons. The van der Waals surface area contributed by atoms with Crippen LogP contribution in [0.25, 0.3) is 0 Å². The van der Waals surface area contributed by atoms with Gasteiger partial charge in [0.2, 0.25) is 0 Å². The van der Waals surface area contributed by atoms with Gasteiger partial charge in [-0.3, -0.25) is 4.90 Å². The Balaban J connectivity index is 1.63. The molecule has 1 N–H and O–H groups in total. The molecular weight excluding hydrogens is 362 g/mol. The summed E-state index contributed by atoms with van der Waals surface area (Å²) in [6.45, 7) is 20.3. The molecule has 2 unspecified atom stereocenters. The molecule has 3 nitrogen and oxygen atoms in total. The SMILES string of the molecule is Cc1c(C)c(C)c(CSC2=NCN(C3CC(C)CC(C)(C)C3)CN2)c(C)c1C. The molecule has 1 fully saturated rings. The van der Waals surface area contributed by atoms with E-state index in [9.17, 15) is 0 Å². The van der Waals surface area contributed by atoms with Crippen molar-refractivity contribution in [3.8, 4) is 0 Å². The standard InChI is InChI=1S/C24H39N3S/c1-15-9-21(11-24(7,8)10-15)27-13-25-23(26-14-27)28-12-22-19(5)17(3)16(2)18(4)20(22)6/h15,21H,9-14H2,1-8H3,(H,25,26). The summed E-state index contributed by atoms with van der Waals surface area (Å²) in [4.78, 5) is 7.43. The highest BCUT2D eigenvalue weighted by Crippen LogP contribution is 2.40. The van der Waals surface area contributed by atoms with Crippen molar-refractivity contribution in [2.24, 2.45) is 16.3 Å². The normalized spacial score (nSPS) is 25.4. The predicted octanol–water partition coefficient (Wildman–Crippen LogP) is 5.85. The van der Waals surface area contributed by atoms with Crippen LogP contribution in [0.5, 0.6) is 0 Å². The van der Waals surface area contributed by atoms with E-state index in [1.165, 1.54) is 52.6 Å². The van der Waals surface area contributed by atoms with Crippen LogP contribution in [-0.4, -0.2) is 29.4 Å². The summed E-state index contributed by atoms with van der Waals surface area (Å²) >= 11 is 1.86. The Kier molecular flexibility index (Phi) is 6.51. The molecule has 0 aromatic heterocycles. The molecule has 0 amide bonds. The van der Waals surface area contributed by atoms with E-state index in [0.29, 0.717) is 11.5 Å². The summed E-state index contributed by atoms with van der Waals surface area (Å²) in [6, 6.07) is 0.661. The zero-order valence-electron chi connectivity index (χ0n) is 19.2. The van der Waals surface area contributed by atoms with Gasteiger partial charge in [-0.25, -0.2) is 4.99 Å². The summed E-state index contributed by atoms with van der Waals surface area (Å²) in [5, 5.41) is 4.70. The Morgan fingerprint density at radius 3 is 2.14 bits per heavy atom. The van der Waals surface area contributed by atoms with Crippen molar-refractivity contribution in [2.45, 2.75) is 86.4 Å². The van der Waals surface area contributed by atoms with Crippen LogP contribution in [-0.2, 0) is 5.75 Å². The molecule has 1 aromatic carbocycles. The van der Waals surface area contributed by atoms with Gasteiger partial charge >= 0.3 is 0 Å². The van der Waals surface area contributed by atoms with Crippen molar-refractivity contribution >= 4 is 16.9 Å². The highest BCUT2D eigenvalue weighted by Gasteiger charge is 2.35. The second-order valence-electron chi connectivity index (χ2n) is 9.99. The number of amidine groups is 1. The van der Waals surface area contributed by atoms with Crippen molar-refractivity contribution in [3.63, 3.8) is 0 Å². The summed E-state index contributed by atoms with van der Waals surface area (Å²) < 4.78 is 0. The Labute approximate surface area is 176 Å². The maximum atomic E-state index is 4.89. The zero-order valence-corrected chi connectivity index (χ0v) is 20.0. The van der Waals surface area contributed by atoms with E-state index in [1.807, 2.05) is 11.8 Å². The lowest BCUT2D eigenvalue weighted by Gasteiger charge is -2.44. The minimum atomic E-state index is 0.456. The van der Waals surface area contributed by atoms with Crippen LogP contribution in [0.15, 0.2) is 4.99 Å². The number of rotatable bonds is 3. The molecule has 1 aliphatic carbocycles. The van der Waals surface area contributed by atoms with Crippen molar-refractivity contribution in [2.75, 3.05) is 13.3 Å². The molecular formula is C24H39N3S. The number of aliphatic imine (C=N–C) groups is 1. The van der Waals surface area contributed by atoms with Gasteiger partial charge in [0.15, 0.2) is 5.17 Å². The fraction of sp³-hybridized carbons (Fsp3) is 0.708. The van der Waals surface area contributed by atoms with Gasteiger partial charge in [0.1, 0.15) is 0 Å². The molecule has 1 aliphatic heterocycles. The van der Waals surface area contributed by atoms with Crippen LogP contribution in [0, 0.1) is 46.0 Å². The van der Waals surface area contributed by atoms with E-state index in [2.05, 4.69) is 65.6 Å². The maximum absolute atomic E-state index is 4.89. The largest absolute Gasteiger partial charge is 0.352 e. The van der Waals surface area contributed by atoms with Gasteiger partial charge in [0.25, 0.3) is 0 Å². The summed E-state index contributed by atoms with van der Waals surface area (Å²) in [7, 11) is 0. The summed E-state index contributed by atoms with van der Waals surface area (Å²) in [5.41, 5.74) is 9.17. The fourth-order valence-corrected chi connectivity index (χ4v) is 6.31. The molecule has 3 rings (SSSR count). The van der Waals surface area contributed by atoms with Crippen LogP contribution in [0.3, 0.4) is 0 Å². The molecule has 2 aliphatic rings. The highest BCUT2D eigenvalue weighted by atomic mass is 32.2. The molecule has 0 spiro atoms. The Morgan fingerprint density at radius 1 is 1.00 bits per heavy atom. The molecule has 0 bridgehead atoms. The third-order valence-corrected chi connectivity index (χ3v) is 8.20. The number of hydrogen-bond donors (Lipinski definition) is 1. The van der Waals surface area contributed by atoms with Crippen LogP contribution >= 0.6 is 11.8 Å². The van der Waals surface area contributed by atoms with E-state index in [4.69, 9.17) is 4.99 Å². The first kappa shape index (κ1) is 21.7. The summed E-state index contributed by atoms with van der Waals surface area (Å²) in [5.74, 6) is 1.81. The molecule has 2 atom stereocenters. The minimum absolute atomic E-state index is 0.456. The third kappa shape index (κ3) is 4.59. The predicted molar refractivity (Wildman–Crippen MR) is 124 cm³/mol. The number of nitrogens with one attached hydrogen (secondary N) is 1. The second-order valence-corrected chi connectivity index (χ2v) is 11.0. The second kappa shape index (κ2) is 8.39. The lowest BCUT2D eigenvalue weighted by Crippen LogP contribution is -2.50. The fourth-order valence-electron chi connectivity index (χ4n) is 5.28. The monoisotopic (exact) mass is 401 g/mol. The van der Waals surface area contributed by atoms with Crippen LogP contribution in [0.4, 0.5) is 0 Å². The van der Waals surface area contributed by atoms with E-state index >= 15 is 0 Å².